The van der Waals surface area contributed by atoms with E-state index < -0.39 is 0 Å². The summed E-state index contributed by atoms with van der Waals surface area (Å²) in [4.78, 5) is 7.98. The van der Waals surface area contributed by atoms with Gasteiger partial charge in [0.15, 0.2) is 5.95 Å². The summed E-state index contributed by atoms with van der Waals surface area (Å²) in [6.45, 7) is 8.90. The molecule has 2 aromatic rings. The van der Waals surface area contributed by atoms with Gasteiger partial charge in [0.25, 0.3) is 0 Å². The number of nitrogens with zero attached hydrogens (tertiary/aromatic N) is 1. The van der Waals surface area contributed by atoms with Gasteiger partial charge in [-0.2, -0.15) is 0 Å². The van der Waals surface area contributed by atoms with Gasteiger partial charge in [0.2, 0.25) is 0 Å². The van der Waals surface area contributed by atoms with Gasteiger partial charge in [-0.3, -0.25) is 0 Å². The van der Waals surface area contributed by atoms with Crippen LogP contribution in [-0.2, 0) is 6.42 Å². The van der Waals surface area contributed by atoms with E-state index in [0.29, 0.717) is 11.8 Å². The molecule has 3 rings (SSSR count). The van der Waals surface area contributed by atoms with Crippen molar-refractivity contribution in [1.82, 2.24) is 9.97 Å². The van der Waals surface area contributed by atoms with Crippen molar-refractivity contribution in [2.45, 2.75) is 46.0 Å². The van der Waals surface area contributed by atoms with E-state index in [0.717, 1.165) is 23.1 Å². The second kappa shape index (κ2) is 5.31. The van der Waals surface area contributed by atoms with Gasteiger partial charge in [-0.1, -0.05) is 38.4 Å². The standard InChI is InChI=1S/C18H24ClN3/c1-6-11-7-12(9-13(19)8-11)14-15(18(14,3)4)16-10(2)21-17(20-5)22-16/h7-9,14-15H,6H2,1-5H3,(H2,20,21,22)/t14-,15+/m0/s1. The van der Waals surface area contributed by atoms with Crippen LogP contribution in [0.5, 0.6) is 0 Å². The molecule has 0 saturated heterocycles. The lowest BCUT2D eigenvalue weighted by Gasteiger charge is -2.06. The molecular formula is C18H24ClN3. The molecule has 0 amide bonds. The highest BCUT2D eigenvalue weighted by Gasteiger charge is 2.60. The molecule has 0 bridgehead atoms. The fourth-order valence-electron chi connectivity index (χ4n) is 3.75. The van der Waals surface area contributed by atoms with Crippen LogP contribution in [0.25, 0.3) is 0 Å². The minimum absolute atomic E-state index is 0.220. The number of aryl methyl sites for hydroxylation is 2. The van der Waals surface area contributed by atoms with E-state index in [-0.39, 0.29) is 5.41 Å². The lowest BCUT2D eigenvalue weighted by molar-refractivity contribution is 0.597. The number of benzene rings is 1. The zero-order valence-electron chi connectivity index (χ0n) is 13.9. The maximum absolute atomic E-state index is 6.32. The third-order valence-corrected chi connectivity index (χ3v) is 5.26. The molecule has 1 aliphatic carbocycles. The number of H-pyrrole nitrogens is 1. The molecule has 2 atom stereocenters. The molecule has 0 unspecified atom stereocenters. The number of rotatable bonds is 4. The van der Waals surface area contributed by atoms with E-state index in [1.54, 1.807) is 0 Å². The smallest absolute Gasteiger partial charge is 0.200 e. The van der Waals surface area contributed by atoms with Crippen LogP contribution in [0.3, 0.4) is 0 Å². The van der Waals surface area contributed by atoms with Gasteiger partial charge in [0, 0.05) is 23.7 Å². The summed E-state index contributed by atoms with van der Waals surface area (Å²) >= 11 is 6.32. The van der Waals surface area contributed by atoms with E-state index >= 15 is 0 Å². The summed E-state index contributed by atoms with van der Waals surface area (Å²) in [7, 11) is 1.89. The van der Waals surface area contributed by atoms with E-state index in [4.69, 9.17) is 11.6 Å². The number of nitrogens with one attached hydrogen (secondary N) is 2. The maximum atomic E-state index is 6.32. The zero-order valence-corrected chi connectivity index (χ0v) is 14.7. The van der Waals surface area contributed by atoms with E-state index in [2.05, 4.69) is 61.2 Å². The minimum Gasteiger partial charge on any atom is -0.359 e. The predicted octanol–water partition coefficient (Wildman–Crippen LogP) is 4.88. The van der Waals surface area contributed by atoms with Crippen LogP contribution in [0.1, 0.15) is 55.1 Å². The highest BCUT2D eigenvalue weighted by Crippen LogP contribution is 2.70. The summed E-state index contributed by atoms with van der Waals surface area (Å²) < 4.78 is 0. The summed E-state index contributed by atoms with van der Waals surface area (Å²) in [5.74, 6) is 1.79. The Bertz CT molecular complexity index is 702. The molecule has 1 saturated carbocycles. The summed E-state index contributed by atoms with van der Waals surface area (Å²) in [6, 6.07) is 6.50. The molecule has 2 N–H and O–H groups in total. The molecule has 118 valence electrons. The van der Waals surface area contributed by atoms with Gasteiger partial charge in [0.1, 0.15) is 0 Å². The highest BCUT2D eigenvalue weighted by atomic mass is 35.5. The average Bonchev–Trinajstić information content (AvgIpc) is 2.84. The minimum atomic E-state index is 0.220. The van der Waals surface area contributed by atoms with Crippen LogP contribution in [0.2, 0.25) is 5.02 Å². The number of halogens is 1. The van der Waals surface area contributed by atoms with Gasteiger partial charge < -0.3 is 10.3 Å². The number of imidazole rings is 1. The Labute approximate surface area is 137 Å². The van der Waals surface area contributed by atoms with E-state index in [1.807, 2.05) is 7.05 Å². The highest BCUT2D eigenvalue weighted by molar-refractivity contribution is 6.30. The number of aromatic amines is 1. The molecule has 1 aromatic carbocycles. The van der Waals surface area contributed by atoms with E-state index in [1.165, 1.54) is 16.8 Å². The van der Waals surface area contributed by atoms with Crippen molar-refractivity contribution in [3.63, 3.8) is 0 Å². The largest absolute Gasteiger partial charge is 0.359 e. The first kappa shape index (κ1) is 15.4. The Balaban J connectivity index is 1.98. The maximum Gasteiger partial charge on any atom is 0.200 e. The van der Waals surface area contributed by atoms with Crippen molar-refractivity contribution in [3.8, 4) is 0 Å². The van der Waals surface area contributed by atoms with Gasteiger partial charge in [-0.05, 0) is 47.9 Å². The first-order valence-corrected chi connectivity index (χ1v) is 8.29. The molecule has 1 fully saturated rings. The van der Waals surface area contributed by atoms with Crippen molar-refractivity contribution >= 4 is 17.5 Å². The molecule has 4 heteroatoms. The topological polar surface area (TPSA) is 40.7 Å². The molecule has 3 nitrogen and oxygen atoms in total. The van der Waals surface area contributed by atoms with Crippen LogP contribution in [0.4, 0.5) is 5.95 Å². The van der Waals surface area contributed by atoms with Crippen molar-refractivity contribution in [2.75, 3.05) is 12.4 Å². The Morgan fingerprint density at radius 3 is 2.59 bits per heavy atom. The molecule has 0 aliphatic heterocycles. The molecule has 1 heterocycles. The van der Waals surface area contributed by atoms with Crippen LogP contribution >= 0.6 is 11.6 Å². The van der Waals surface area contributed by atoms with E-state index in [9.17, 15) is 0 Å². The Kier molecular flexibility index (Phi) is 3.72. The normalized spacial score (nSPS) is 22.6. The quantitative estimate of drug-likeness (QED) is 0.843. The second-order valence-corrected chi connectivity index (χ2v) is 7.29. The van der Waals surface area contributed by atoms with Crippen molar-refractivity contribution in [2.24, 2.45) is 5.41 Å². The van der Waals surface area contributed by atoms with Crippen molar-refractivity contribution in [1.29, 1.82) is 0 Å². The summed E-state index contributed by atoms with van der Waals surface area (Å²) in [5.41, 5.74) is 5.21. The van der Waals surface area contributed by atoms with Crippen molar-refractivity contribution in [3.05, 3.63) is 45.7 Å². The van der Waals surface area contributed by atoms with Crippen LogP contribution < -0.4 is 5.32 Å². The second-order valence-electron chi connectivity index (χ2n) is 6.86. The monoisotopic (exact) mass is 317 g/mol. The van der Waals surface area contributed by atoms with Gasteiger partial charge in [0.05, 0.1) is 5.69 Å². The Hall–Kier alpha value is -1.48. The summed E-state index contributed by atoms with van der Waals surface area (Å²) in [5, 5.41) is 3.93. The molecule has 0 radical (unpaired) electrons. The van der Waals surface area contributed by atoms with Crippen LogP contribution in [0, 0.1) is 12.3 Å². The third-order valence-electron chi connectivity index (χ3n) is 5.04. The first-order chi connectivity index (χ1) is 10.4. The lowest BCUT2D eigenvalue weighted by atomic mass is 10.0. The predicted molar refractivity (Wildman–Crippen MR) is 93.0 cm³/mol. The average molecular weight is 318 g/mol. The first-order valence-electron chi connectivity index (χ1n) is 7.92. The molecule has 22 heavy (non-hydrogen) atoms. The molecule has 0 spiro atoms. The lowest BCUT2D eigenvalue weighted by Crippen LogP contribution is -1.93. The number of anilines is 1. The third kappa shape index (κ3) is 2.41. The van der Waals surface area contributed by atoms with Crippen molar-refractivity contribution < 1.29 is 0 Å². The zero-order chi connectivity index (χ0) is 16.1. The molecule has 1 aliphatic rings. The van der Waals surface area contributed by atoms with Crippen LogP contribution in [-0.4, -0.2) is 17.0 Å². The Morgan fingerprint density at radius 1 is 1.27 bits per heavy atom. The summed E-state index contributed by atoms with van der Waals surface area (Å²) in [6.07, 6.45) is 1.01. The fourth-order valence-corrected chi connectivity index (χ4v) is 4.02. The Morgan fingerprint density at radius 2 is 2.00 bits per heavy atom. The number of hydrogen-bond acceptors (Lipinski definition) is 2. The molecule has 1 aromatic heterocycles. The SMILES string of the molecule is CCc1cc(Cl)cc([C@H]2[C@H](c3[nH]c(NC)nc3C)C2(C)C)c1. The fraction of sp³-hybridized carbons (Fsp3) is 0.500. The van der Waals surface area contributed by atoms with Crippen LogP contribution in [0.15, 0.2) is 18.2 Å². The number of hydrogen-bond donors (Lipinski definition) is 2. The molecular weight excluding hydrogens is 294 g/mol. The van der Waals surface area contributed by atoms with Gasteiger partial charge in [-0.25, -0.2) is 4.98 Å². The number of aromatic nitrogens is 2. The van der Waals surface area contributed by atoms with Gasteiger partial charge in [-0.15, -0.1) is 0 Å². The van der Waals surface area contributed by atoms with Gasteiger partial charge >= 0.3 is 0 Å².